The van der Waals surface area contributed by atoms with E-state index in [2.05, 4.69) is 4.90 Å². The molecule has 2 aromatic carbocycles. The van der Waals surface area contributed by atoms with Gasteiger partial charge in [0.1, 0.15) is 15.3 Å². The van der Waals surface area contributed by atoms with Crippen LogP contribution in [0.25, 0.3) is 6.08 Å². The molecule has 0 saturated carbocycles. The van der Waals surface area contributed by atoms with Gasteiger partial charge in [0.15, 0.2) is 5.78 Å². The average molecular weight is 495 g/mol. The fourth-order valence-corrected chi connectivity index (χ4v) is 5.54. The van der Waals surface area contributed by atoms with Crippen LogP contribution in [-0.2, 0) is 9.59 Å². The van der Waals surface area contributed by atoms with Crippen LogP contribution in [-0.4, -0.2) is 52.3 Å². The summed E-state index contributed by atoms with van der Waals surface area (Å²) >= 11 is 6.85. The standard InChI is InChI=1S/C26H26N2O4S2/c1-32-21-12-5-18(6-13-21)7-14-22(29)19-8-10-20(11-9-19)28-24(30)17-23(25(28)31)34-26(33)27-15-3-2-4-16-27/h5-14,23H,2-4,15-17H2,1H3/b14-7+. The molecule has 2 fully saturated rings. The summed E-state index contributed by atoms with van der Waals surface area (Å²) in [5, 5.41) is -0.504. The minimum absolute atomic E-state index is 0.128. The van der Waals surface area contributed by atoms with Gasteiger partial charge in [-0.25, -0.2) is 4.90 Å². The van der Waals surface area contributed by atoms with Crippen molar-refractivity contribution < 1.29 is 19.1 Å². The van der Waals surface area contributed by atoms with E-state index in [0.717, 1.165) is 37.2 Å². The number of carbonyl (C=O) groups excluding carboxylic acids is 3. The maximum absolute atomic E-state index is 13.0. The van der Waals surface area contributed by atoms with Crippen LogP contribution in [0.2, 0.25) is 0 Å². The minimum atomic E-state index is -0.504. The van der Waals surface area contributed by atoms with Crippen molar-refractivity contribution in [3.63, 3.8) is 0 Å². The van der Waals surface area contributed by atoms with Crippen LogP contribution in [0.3, 0.4) is 0 Å². The lowest BCUT2D eigenvalue weighted by Crippen LogP contribution is -2.35. The number of benzene rings is 2. The first-order chi connectivity index (χ1) is 16.5. The lowest BCUT2D eigenvalue weighted by molar-refractivity contribution is -0.121. The molecule has 0 N–H and O–H groups in total. The van der Waals surface area contributed by atoms with Crippen molar-refractivity contribution in [3.05, 3.63) is 65.7 Å². The van der Waals surface area contributed by atoms with Crippen LogP contribution in [0.1, 0.15) is 41.6 Å². The third-order valence-corrected chi connectivity index (χ3v) is 7.58. The summed E-state index contributed by atoms with van der Waals surface area (Å²) in [4.78, 5) is 41.5. The lowest BCUT2D eigenvalue weighted by Gasteiger charge is -2.29. The number of hydrogen-bond donors (Lipinski definition) is 0. The normalized spacial score (nSPS) is 18.6. The number of methoxy groups -OCH3 is 1. The molecule has 0 aromatic heterocycles. The highest BCUT2D eigenvalue weighted by molar-refractivity contribution is 8.23. The second-order valence-electron chi connectivity index (χ2n) is 8.21. The van der Waals surface area contributed by atoms with Gasteiger partial charge < -0.3 is 9.64 Å². The van der Waals surface area contributed by atoms with Gasteiger partial charge in [0, 0.05) is 25.1 Å². The molecule has 0 radical (unpaired) electrons. The maximum atomic E-state index is 13.0. The number of ketones is 1. The van der Waals surface area contributed by atoms with E-state index in [9.17, 15) is 14.4 Å². The number of ether oxygens (including phenoxy) is 1. The monoisotopic (exact) mass is 494 g/mol. The SMILES string of the molecule is COc1ccc(/C=C/C(=O)c2ccc(N3C(=O)CC(SC(=S)N4CCCCC4)C3=O)cc2)cc1. The summed E-state index contributed by atoms with van der Waals surface area (Å²) in [5.41, 5.74) is 1.83. The number of carbonyl (C=O) groups is 3. The zero-order valence-corrected chi connectivity index (χ0v) is 20.6. The first kappa shape index (κ1) is 24.2. The first-order valence-electron chi connectivity index (χ1n) is 11.2. The lowest BCUT2D eigenvalue weighted by atomic mass is 10.1. The molecule has 0 spiro atoms. The zero-order chi connectivity index (χ0) is 24.1. The topological polar surface area (TPSA) is 66.9 Å². The zero-order valence-electron chi connectivity index (χ0n) is 18.9. The van der Waals surface area contributed by atoms with Crippen molar-refractivity contribution in [1.29, 1.82) is 0 Å². The Morgan fingerprint density at radius 2 is 1.71 bits per heavy atom. The van der Waals surface area contributed by atoms with Crippen molar-refractivity contribution in [3.8, 4) is 5.75 Å². The van der Waals surface area contributed by atoms with E-state index in [4.69, 9.17) is 17.0 Å². The van der Waals surface area contributed by atoms with Crippen LogP contribution in [0.4, 0.5) is 5.69 Å². The molecule has 4 rings (SSSR count). The van der Waals surface area contributed by atoms with E-state index in [0.29, 0.717) is 15.6 Å². The van der Waals surface area contributed by atoms with Crippen molar-refractivity contribution in [2.24, 2.45) is 0 Å². The number of rotatable bonds is 6. The molecule has 2 aromatic rings. The molecule has 8 heteroatoms. The number of anilines is 1. The van der Waals surface area contributed by atoms with Crippen LogP contribution in [0.15, 0.2) is 54.6 Å². The summed E-state index contributed by atoms with van der Waals surface area (Å²) in [6.45, 7) is 1.82. The molecule has 0 bridgehead atoms. The molecule has 6 nitrogen and oxygen atoms in total. The van der Waals surface area contributed by atoms with E-state index in [1.165, 1.54) is 29.2 Å². The number of piperidine rings is 1. The van der Waals surface area contributed by atoms with Crippen LogP contribution in [0.5, 0.6) is 5.75 Å². The summed E-state index contributed by atoms with van der Waals surface area (Å²) in [6.07, 6.45) is 6.76. The minimum Gasteiger partial charge on any atom is -0.497 e. The first-order valence-corrected chi connectivity index (χ1v) is 12.5. The summed E-state index contributed by atoms with van der Waals surface area (Å²) in [7, 11) is 1.60. The Kier molecular flexibility index (Phi) is 7.80. The van der Waals surface area contributed by atoms with E-state index < -0.39 is 5.25 Å². The average Bonchev–Trinajstić information content (AvgIpc) is 3.15. The Morgan fingerprint density at radius 3 is 2.35 bits per heavy atom. The number of amides is 2. The van der Waals surface area contributed by atoms with Gasteiger partial charge in [-0.1, -0.05) is 42.2 Å². The molecule has 1 unspecified atom stereocenters. The second kappa shape index (κ2) is 11.0. The Hall–Kier alpha value is -2.97. The van der Waals surface area contributed by atoms with Gasteiger partial charge in [0.05, 0.1) is 12.8 Å². The van der Waals surface area contributed by atoms with E-state index in [-0.39, 0.29) is 24.0 Å². The summed E-state index contributed by atoms with van der Waals surface area (Å²) < 4.78 is 5.82. The molecule has 2 amide bonds. The highest BCUT2D eigenvalue weighted by atomic mass is 32.2. The third kappa shape index (κ3) is 5.56. The quantitative estimate of drug-likeness (QED) is 0.249. The summed E-state index contributed by atoms with van der Waals surface area (Å²) in [6, 6.07) is 13.9. The second-order valence-corrected chi connectivity index (χ2v) is 10.0. The number of allylic oxidation sites excluding steroid dienone is 1. The van der Waals surface area contributed by atoms with Gasteiger partial charge in [-0.15, -0.1) is 0 Å². The van der Waals surface area contributed by atoms with Gasteiger partial charge in [-0.3, -0.25) is 14.4 Å². The number of nitrogens with zero attached hydrogens (tertiary/aromatic N) is 2. The van der Waals surface area contributed by atoms with Gasteiger partial charge in [-0.05, 0) is 67.3 Å². The fourth-order valence-electron chi connectivity index (χ4n) is 4.00. The molecule has 1 atom stereocenters. The number of likely N-dealkylation sites (tertiary alicyclic amines) is 1. The van der Waals surface area contributed by atoms with Crippen LogP contribution >= 0.6 is 24.0 Å². The predicted molar refractivity (Wildman–Crippen MR) is 139 cm³/mol. The number of imide groups is 1. The van der Waals surface area contributed by atoms with Gasteiger partial charge in [0.2, 0.25) is 11.8 Å². The smallest absolute Gasteiger partial charge is 0.247 e. The fraction of sp³-hybridized carbons (Fsp3) is 0.308. The molecule has 34 heavy (non-hydrogen) atoms. The number of hydrogen-bond acceptors (Lipinski definition) is 6. The van der Waals surface area contributed by atoms with Gasteiger partial charge in [-0.2, -0.15) is 0 Å². The maximum Gasteiger partial charge on any atom is 0.247 e. The number of thiocarbonyl (C=S) groups is 1. The molecule has 0 aliphatic carbocycles. The van der Waals surface area contributed by atoms with Crippen LogP contribution < -0.4 is 9.64 Å². The van der Waals surface area contributed by atoms with Crippen molar-refractivity contribution in [1.82, 2.24) is 4.90 Å². The van der Waals surface area contributed by atoms with E-state index in [1.54, 1.807) is 37.5 Å². The Morgan fingerprint density at radius 1 is 1.03 bits per heavy atom. The Balaban J connectivity index is 1.38. The van der Waals surface area contributed by atoms with E-state index in [1.807, 2.05) is 24.3 Å². The van der Waals surface area contributed by atoms with E-state index >= 15 is 0 Å². The Bertz CT molecular complexity index is 1110. The van der Waals surface area contributed by atoms with Crippen molar-refractivity contribution in [2.75, 3.05) is 25.1 Å². The van der Waals surface area contributed by atoms with Gasteiger partial charge in [0.25, 0.3) is 0 Å². The van der Waals surface area contributed by atoms with Crippen molar-refractivity contribution in [2.45, 2.75) is 30.9 Å². The highest BCUT2D eigenvalue weighted by Crippen LogP contribution is 2.32. The molecular formula is C26H26N2O4S2. The molecule has 2 saturated heterocycles. The van der Waals surface area contributed by atoms with Crippen LogP contribution in [0, 0.1) is 0 Å². The number of thioether (sulfide) groups is 1. The predicted octanol–water partition coefficient (Wildman–Crippen LogP) is 4.73. The largest absolute Gasteiger partial charge is 0.497 e. The molecule has 176 valence electrons. The third-order valence-electron chi connectivity index (χ3n) is 5.92. The van der Waals surface area contributed by atoms with Gasteiger partial charge >= 0.3 is 0 Å². The van der Waals surface area contributed by atoms with Crippen molar-refractivity contribution >= 4 is 57.7 Å². The molecule has 2 aliphatic heterocycles. The molecular weight excluding hydrogens is 468 g/mol. The highest BCUT2D eigenvalue weighted by Gasteiger charge is 2.41. The molecule has 2 heterocycles. The summed E-state index contributed by atoms with van der Waals surface area (Å²) in [5.74, 6) is 0.0797. The molecule has 2 aliphatic rings. The Labute approximate surface area is 208 Å².